The number of allylic oxidation sites excluding steroid dienone is 1. The first-order valence-electron chi connectivity index (χ1n) is 10.4. The second-order valence-electron chi connectivity index (χ2n) is 7.40. The molecule has 162 valence electrons. The van der Waals surface area contributed by atoms with Gasteiger partial charge in [-0.1, -0.05) is 42.5 Å². The third-order valence-corrected chi connectivity index (χ3v) is 5.46. The van der Waals surface area contributed by atoms with E-state index in [2.05, 4.69) is 4.90 Å². The molecule has 0 aromatic heterocycles. The van der Waals surface area contributed by atoms with Crippen molar-refractivity contribution in [3.63, 3.8) is 0 Å². The van der Waals surface area contributed by atoms with E-state index in [1.807, 2.05) is 29.2 Å². The Hall–Kier alpha value is -3.23. The van der Waals surface area contributed by atoms with Crippen molar-refractivity contribution in [1.29, 1.82) is 0 Å². The lowest BCUT2D eigenvalue weighted by molar-refractivity contribution is -0.384. The van der Waals surface area contributed by atoms with Gasteiger partial charge in [0.15, 0.2) is 0 Å². The lowest BCUT2D eigenvalue weighted by Crippen LogP contribution is -2.42. The molecular weight excluding hydrogens is 398 g/mol. The van der Waals surface area contributed by atoms with Crippen LogP contribution in [0.15, 0.2) is 60.3 Å². The van der Waals surface area contributed by atoms with E-state index in [0.29, 0.717) is 75.1 Å². The second kappa shape index (κ2) is 9.72. The van der Waals surface area contributed by atoms with Gasteiger partial charge in [-0.05, 0) is 0 Å². The maximum absolute atomic E-state index is 13.8. The largest absolute Gasteiger partial charge is 0.378 e. The van der Waals surface area contributed by atoms with Crippen LogP contribution >= 0.6 is 0 Å². The quantitative estimate of drug-likeness (QED) is 0.306. The van der Waals surface area contributed by atoms with Crippen molar-refractivity contribution >= 4 is 17.2 Å². The molecule has 4 rings (SSSR count). The summed E-state index contributed by atoms with van der Waals surface area (Å²) in [6.45, 7) is 4.49. The smallest absolute Gasteiger partial charge is 0.270 e. The Labute approximate surface area is 180 Å². The fourth-order valence-electron chi connectivity index (χ4n) is 3.94. The predicted molar refractivity (Wildman–Crippen MR) is 116 cm³/mol. The highest BCUT2D eigenvalue weighted by Crippen LogP contribution is 2.31. The predicted octanol–water partition coefficient (Wildman–Crippen LogP) is 2.81. The minimum Gasteiger partial charge on any atom is -0.378 e. The molecule has 2 aromatic carbocycles. The summed E-state index contributed by atoms with van der Waals surface area (Å²) in [7, 11) is 0. The minimum atomic E-state index is -0.409. The summed E-state index contributed by atoms with van der Waals surface area (Å²) in [5.41, 5.74) is 2.50. The number of nitro benzene ring substituents is 1. The molecule has 0 spiro atoms. The minimum absolute atomic E-state index is 0.00301. The molecular formula is C23H25N3O5. The number of Topliss-reactive ketones (excluding diaryl/α,β-unsaturated/α-hetero) is 1. The van der Waals surface area contributed by atoms with Crippen LogP contribution in [0, 0.1) is 10.1 Å². The lowest BCUT2D eigenvalue weighted by atomic mass is 10.00. The number of ether oxygens (including phenoxy) is 2. The molecule has 2 aliphatic heterocycles. The zero-order chi connectivity index (χ0) is 21.6. The normalized spacial score (nSPS) is 17.8. The Morgan fingerprint density at radius 2 is 1.39 bits per heavy atom. The van der Waals surface area contributed by atoms with Crippen LogP contribution in [0.3, 0.4) is 0 Å². The summed E-state index contributed by atoms with van der Waals surface area (Å²) in [5.74, 6) is -0.101. The van der Waals surface area contributed by atoms with Crippen molar-refractivity contribution in [1.82, 2.24) is 9.80 Å². The zero-order valence-corrected chi connectivity index (χ0v) is 17.2. The van der Waals surface area contributed by atoms with E-state index < -0.39 is 4.92 Å². The van der Waals surface area contributed by atoms with Crippen LogP contribution in [0.2, 0.25) is 0 Å². The van der Waals surface area contributed by atoms with Gasteiger partial charge in [0, 0.05) is 49.4 Å². The maximum Gasteiger partial charge on any atom is 0.270 e. The fraction of sp³-hybridized carbons (Fsp3) is 0.348. The van der Waals surface area contributed by atoms with Gasteiger partial charge in [0.25, 0.3) is 5.69 Å². The second-order valence-corrected chi connectivity index (χ2v) is 7.40. The SMILES string of the molecule is O=C(C(=C(c1cccc([N+](=O)[O-])c1)N1CCOCC1)N1CCOCC1)c1ccccc1. The number of non-ortho nitro benzene ring substituents is 1. The van der Waals surface area contributed by atoms with Gasteiger partial charge in [-0.25, -0.2) is 0 Å². The van der Waals surface area contributed by atoms with Gasteiger partial charge in [-0.15, -0.1) is 0 Å². The Bertz CT molecular complexity index is 964. The molecule has 0 radical (unpaired) electrons. The van der Waals surface area contributed by atoms with Gasteiger partial charge < -0.3 is 19.3 Å². The van der Waals surface area contributed by atoms with Crippen molar-refractivity contribution in [3.05, 3.63) is 81.5 Å². The molecule has 0 unspecified atom stereocenters. The molecule has 0 N–H and O–H groups in total. The Balaban J connectivity index is 1.91. The average molecular weight is 423 g/mol. The Kier molecular flexibility index (Phi) is 6.59. The van der Waals surface area contributed by atoms with Crippen molar-refractivity contribution in [3.8, 4) is 0 Å². The molecule has 2 saturated heterocycles. The molecule has 0 bridgehead atoms. The van der Waals surface area contributed by atoms with Crippen LogP contribution in [0.5, 0.6) is 0 Å². The average Bonchev–Trinajstić information content (AvgIpc) is 2.84. The van der Waals surface area contributed by atoms with E-state index in [1.54, 1.807) is 24.3 Å². The topological polar surface area (TPSA) is 85.1 Å². The monoisotopic (exact) mass is 423 g/mol. The molecule has 0 amide bonds. The number of morpholine rings is 2. The van der Waals surface area contributed by atoms with Crippen LogP contribution in [-0.4, -0.2) is 73.1 Å². The summed E-state index contributed by atoms with van der Waals surface area (Å²) < 4.78 is 11.0. The highest BCUT2D eigenvalue weighted by atomic mass is 16.6. The number of hydrogen-bond donors (Lipinski definition) is 0. The van der Waals surface area contributed by atoms with Crippen LogP contribution in [-0.2, 0) is 9.47 Å². The lowest BCUT2D eigenvalue weighted by Gasteiger charge is -2.37. The van der Waals surface area contributed by atoms with Crippen molar-refractivity contribution < 1.29 is 19.2 Å². The summed E-state index contributed by atoms with van der Waals surface area (Å²) in [6, 6.07) is 15.7. The first-order chi connectivity index (χ1) is 15.1. The molecule has 0 saturated carbocycles. The third kappa shape index (κ3) is 4.76. The first kappa shape index (κ1) is 21.0. The zero-order valence-electron chi connectivity index (χ0n) is 17.2. The van der Waals surface area contributed by atoms with Crippen LogP contribution < -0.4 is 0 Å². The van der Waals surface area contributed by atoms with Crippen molar-refractivity contribution in [2.45, 2.75) is 0 Å². The third-order valence-electron chi connectivity index (χ3n) is 5.46. The first-order valence-corrected chi connectivity index (χ1v) is 10.4. The van der Waals surface area contributed by atoms with Gasteiger partial charge in [-0.2, -0.15) is 0 Å². The maximum atomic E-state index is 13.8. The van der Waals surface area contributed by atoms with E-state index in [-0.39, 0.29) is 11.5 Å². The van der Waals surface area contributed by atoms with Gasteiger partial charge in [0.05, 0.1) is 37.0 Å². The number of benzene rings is 2. The molecule has 2 fully saturated rings. The number of hydrogen-bond acceptors (Lipinski definition) is 7. The van der Waals surface area contributed by atoms with Crippen molar-refractivity contribution in [2.75, 3.05) is 52.6 Å². The van der Waals surface area contributed by atoms with E-state index in [9.17, 15) is 14.9 Å². The summed E-state index contributed by atoms with van der Waals surface area (Å²) in [6.07, 6.45) is 0. The van der Waals surface area contributed by atoms with Crippen LogP contribution in [0.1, 0.15) is 15.9 Å². The molecule has 0 aliphatic carbocycles. The number of ketones is 1. The van der Waals surface area contributed by atoms with Gasteiger partial charge in [-0.3, -0.25) is 14.9 Å². The van der Waals surface area contributed by atoms with E-state index in [4.69, 9.17) is 9.47 Å². The summed E-state index contributed by atoms with van der Waals surface area (Å²) in [5, 5.41) is 11.4. The summed E-state index contributed by atoms with van der Waals surface area (Å²) >= 11 is 0. The van der Waals surface area contributed by atoms with Crippen LogP contribution in [0.25, 0.3) is 5.70 Å². The number of carbonyl (C=O) groups is 1. The number of carbonyl (C=O) groups excluding carboxylic acids is 1. The molecule has 0 atom stereocenters. The Morgan fingerprint density at radius 3 is 2.00 bits per heavy atom. The Morgan fingerprint density at radius 1 is 0.806 bits per heavy atom. The molecule has 2 heterocycles. The molecule has 8 heteroatoms. The van der Waals surface area contributed by atoms with Gasteiger partial charge in [0.1, 0.15) is 5.70 Å². The van der Waals surface area contributed by atoms with E-state index >= 15 is 0 Å². The highest BCUT2D eigenvalue weighted by molar-refractivity contribution is 6.12. The molecule has 8 nitrogen and oxygen atoms in total. The number of nitro groups is 1. The molecule has 31 heavy (non-hydrogen) atoms. The van der Waals surface area contributed by atoms with E-state index in [1.165, 1.54) is 6.07 Å². The molecule has 2 aromatic rings. The number of nitrogens with zero attached hydrogens (tertiary/aromatic N) is 3. The standard InChI is InChI=1S/C23H25N3O5/c27-23(18-5-2-1-3-6-18)22(25-11-15-31-16-12-25)21(24-9-13-30-14-10-24)19-7-4-8-20(17-19)26(28)29/h1-8,17H,9-16H2. The van der Waals surface area contributed by atoms with Gasteiger partial charge >= 0.3 is 0 Å². The molecule has 2 aliphatic rings. The number of rotatable bonds is 6. The highest BCUT2D eigenvalue weighted by Gasteiger charge is 2.30. The van der Waals surface area contributed by atoms with E-state index in [0.717, 1.165) is 0 Å². The summed E-state index contributed by atoms with van der Waals surface area (Å²) in [4.78, 5) is 29.0. The fourth-order valence-corrected chi connectivity index (χ4v) is 3.94. The van der Waals surface area contributed by atoms with Gasteiger partial charge in [0.2, 0.25) is 5.78 Å². The van der Waals surface area contributed by atoms with Crippen molar-refractivity contribution in [2.24, 2.45) is 0 Å². The van der Waals surface area contributed by atoms with Crippen LogP contribution in [0.4, 0.5) is 5.69 Å².